The summed E-state index contributed by atoms with van der Waals surface area (Å²) in [5.74, 6) is 0. The lowest BCUT2D eigenvalue weighted by Gasteiger charge is -2.33. The van der Waals surface area contributed by atoms with Gasteiger partial charge < -0.3 is 4.90 Å². The zero-order chi connectivity index (χ0) is 37.8. The molecule has 0 amide bonds. The van der Waals surface area contributed by atoms with Gasteiger partial charge in [0.05, 0.1) is 5.41 Å². The highest BCUT2D eigenvalue weighted by Crippen LogP contribution is 2.58. The van der Waals surface area contributed by atoms with Gasteiger partial charge in [0.15, 0.2) is 0 Å². The summed E-state index contributed by atoms with van der Waals surface area (Å²) in [4.78, 5) is 2.34. The monoisotopic (exact) mass is 743 g/mol. The van der Waals surface area contributed by atoms with Crippen molar-refractivity contribution in [3.8, 4) is 33.4 Å². The van der Waals surface area contributed by atoms with Gasteiger partial charge in [-0.05, 0) is 104 Å². The fourth-order valence-corrected chi connectivity index (χ4v) is 10.5. The number of para-hydroxylation sites is 1. The van der Waals surface area contributed by atoms with Crippen LogP contribution in [0.2, 0.25) is 0 Å². The van der Waals surface area contributed by atoms with Gasteiger partial charge in [-0.2, -0.15) is 0 Å². The van der Waals surface area contributed by atoms with Crippen molar-refractivity contribution in [1.29, 1.82) is 0 Å². The van der Waals surface area contributed by atoms with Crippen molar-refractivity contribution >= 4 is 48.6 Å². The smallest absolute Gasteiger partial charge is 0.0714 e. The molecule has 0 spiro atoms. The largest absolute Gasteiger partial charge is 0.311 e. The Kier molecular flexibility index (Phi) is 7.98. The Hall–Kier alpha value is -7.00. The van der Waals surface area contributed by atoms with Crippen molar-refractivity contribution in [2.45, 2.75) is 5.41 Å². The predicted molar refractivity (Wildman–Crippen MR) is 242 cm³/mol. The Morgan fingerprint density at radius 3 is 1.49 bits per heavy atom. The van der Waals surface area contributed by atoms with Gasteiger partial charge in [-0.1, -0.05) is 176 Å². The number of hydrogen-bond donors (Lipinski definition) is 0. The number of thiophene rings is 1. The minimum Gasteiger partial charge on any atom is -0.311 e. The Labute approximate surface area is 337 Å². The highest BCUT2D eigenvalue weighted by Gasteiger charge is 2.46. The number of fused-ring (bicyclic) bond motifs is 6. The standard InChI is InChI=1S/C55H37NS/c1-5-16-38(17-6-1)39-28-32-44(33-29-39)56(43-22-11-4-12-23-43)45-34-30-40(31-35-45)46-25-15-26-48-50-36-49-47-24-13-14-27-51(47)55(41-18-7-2-8-19-41,42-20-9-3-10-21-42)52(49)37-53(50)57-54(46)48/h1-37H. The first-order valence-corrected chi connectivity index (χ1v) is 20.4. The number of nitrogens with zero attached hydrogens (tertiary/aromatic N) is 1. The molecule has 1 nitrogen and oxygen atoms in total. The van der Waals surface area contributed by atoms with Crippen molar-refractivity contribution in [2.24, 2.45) is 0 Å². The van der Waals surface area contributed by atoms with Gasteiger partial charge in [0.2, 0.25) is 0 Å². The summed E-state index contributed by atoms with van der Waals surface area (Å²) >= 11 is 1.91. The van der Waals surface area contributed by atoms with Crippen molar-refractivity contribution in [3.63, 3.8) is 0 Å². The minimum atomic E-state index is -0.413. The van der Waals surface area contributed by atoms with Crippen LogP contribution in [0.15, 0.2) is 224 Å². The maximum absolute atomic E-state index is 2.50. The molecule has 11 rings (SSSR count). The van der Waals surface area contributed by atoms with Crippen molar-refractivity contribution in [2.75, 3.05) is 4.90 Å². The van der Waals surface area contributed by atoms with E-state index in [1.165, 1.54) is 75.8 Å². The molecule has 0 N–H and O–H groups in total. The Balaban J connectivity index is 1.03. The maximum Gasteiger partial charge on any atom is 0.0714 e. The lowest BCUT2D eigenvalue weighted by molar-refractivity contribution is 0.770. The van der Waals surface area contributed by atoms with E-state index in [1.54, 1.807) is 0 Å². The molecule has 268 valence electrons. The number of anilines is 3. The van der Waals surface area contributed by atoms with E-state index in [0.29, 0.717) is 0 Å². The van der Waals surface area contributed by atoms with E-state index in [9.17, 15) is 0 Å². The molecule has 0 atom stereocenters. The second kappa shape index (κ2) is 13.6. The quantitative estimate of drug-likeness (QED) is 0.157. The molecule has 1 aromatic heterocycles. The molecule has 0 aliphatic heterocycles. The lowest BCUT2D eigenvalue weighted by Crippen LogP contribution is -2.28. The molecule has 1 aliphatic rings. The molecule has 0 fully saturated rings. The topological polar surface area (TPSA) is 3.24 Å². The van der Waals surface area contributed by atoms with Crippen LogP contribution in [0.1, 0.15) is 22.3 Å². The molecule has 10 aromatic rings. The molecular formula is C55H37NS. The van der Waals surface area contributed by atoms with Gasteiger partial charge in [-0.15, -0.1) is 11.3 Å². The lowest BCUT2D eigenvalue weighted by atomic mass is 9.68. The zero-order valence-electron chi connectivity index (χ0n) is 31.2. The molecular weight excluding hydrogens is 707 g/mol. The Bertz CT molecular complexity index is 2980. The summed E-state index contributed by atoms with van der Waals surface area (Å²) in [7, 11) is 0. The first-order valence-electron chi connectivity index (χ1n) is 19.6. The van der Waals surface area contributed by atoms with E-state index in [4.69, 9.17) is 0 Å². The van der Waals surface area contributed by atoms with Gasteiger partial charge >= 0.3 is 0 Å². The maximum atomic E-state index is 2.50. The van der Waals surface area contributed by atoms with Gasteiger partial charge in [0, 0.05) is 37.2 Å². The van der Waals surface area contributed by atoms with E-state index >= 15 is 0 Å². The van der Waals surface area contributed by atoms with Crippen LogP contribution in [0, 0.1) is 0 Å². The van der Waals surface area contributed by atoms with E-state index in [1.807, 2.05) is 11.3 Å². The zero-order valence-corrected chi connectivity index (χ0v) is 32.0. The molecule has 0 radical (unpaired) electrons. The third-order valence-electron chi connectivity index (χ3n) is 11.8. The van der Waals surface area contributed by atoms with Crippen molar-refractivity contribution < 1.29 is 0 Å². The number of rotatable bonds is 7. The molecule has 9 aromatic carbocycles. The first-order chi connectivity index (χ1) is 28.3. The van der Waals surface area contributed by atoms with Gasteiger partial charge in [0.25, 0.3) is 0 Å². The molecule has 1 heterocycles. The van der Waals surface area contributed by atoms with Gasteiger partial charge in [-0.3, -0.25) is 0 Å². The van der Waals surface area contributed by atoms with Crippen LogP contribution in [0.5, 0.6) is 0 Å². The fourth-order valence-electron chi connectivity index (χ4n) is 9.21. The second-order valence-corrected chi connectivity index (χ2v) is 15.9. The van der Waals surface area contributed by atoms with Crippen LogP contribution >= 0.6 is 11.3 Å². The average Bonchev–Trinajstić information content (AvgIpc) is 3.80. The first kappa shape index (κ1) is 33.3. The van der Waals surface area contributed by atoms with Crippen LogP contribution in [0.25, 0.3) is 53.6 Å². The summed E-state index contributed by atoms with van der Waals surface area (Å²) in [6.07, 6.45) is 0. The predicted octanol–water partition coefficient (Wildman–Crippen LogP) is 15.2. The van der Waals surface area contributed by atoms with Crippen LogP contribution in [0.4, 0.5) is 17.1 Å². The summed E-state index contributed by atoms with van der Waals surface area (Å²) in [6, 6.07) is 82.2. The summed E-state index contributed by atoms with van der Waals surface area (Å²) in [5, 5.41) is 2.62. The van der Waals surface area contributed by atoms with E-state index in [2.05, 4.69) is 229 Å². The van der Waals surface area contributed by atoms with Gasteiger partial charge in [0.1, 0.15) is 0 Å². The SMILES string of the molecule is c1ccc(-c2ccc(N(c3ccccc3)c3ccc(-c4cccc5c4sc4cc6c(cc45)-c4ccccc4C6(c4ccccc4)c4ccccc4)cc3)cc2)cc1. The summed E-state index contributed by atoms with van der Waals surface area (Å²) in [6.45, 7) is 0. The second-order valence-electron chi connectivity index (χ2n) is 14.8. The highest BCUT2D eigenvalue weighted by atomic mass is 32.1. The Morgan fingerprint density at radius 1 is 0.333 bits per heavy atom. The van der Waals surface area contributed by atoms with Gasteiger partial charge in [-0.25, -0.2) is 0 Å². The fraction of sp³-hybridized carbons (Fsp3) is 0.0182. The molecule has 0 saturated heterocycles. The molecule has 0 bridgehead atoms. The molecule has 57 heavy (non-hydrogen) atoms. The summed E-state index contributed by atoms with van der Waals surface area (Å²) in [5.41, 5.74) is 15.8. The summed E-state index contributed by atoms with van der Waals surface area (Å²) < 4.78 is 2.63. The van der Waals surface area contributed by atoms with Crippen LogP contribution in [-0.4, -0.2) is 0 Å². The average molecular weight is 744 g/mol. The number of hydrogen-bond acceptors (Lipinski definition) is 2. The van der Waals surface area contributed by atoms with Crippen LogP contribution < -0.4 is 4.90 Å². The van der Waals surface area contributed by atoms with Crippen LogP contribution in [-0.2, 0) is 5.41 Å². The highest BCUT2D eigenvalue weighted by molar-refractivity contribution is 7.26. The Morgan fingerprint density at radius 2 is 0.842 bits per heavy atom. The molecule has 0 saturated carbocycles. The normalized spacial score (nSPS) is 12.7. The molecule has 1 aliphatic carbocycles. The molecule has 0 unspecified atom stereocenters. The van der Waals surface area contributed by atoms with Crippen molar-refractivity contribution in [1.82, 2.24) is 0 Å². The van der Waals surface area contributed by atoms with E-state index in [0.717, 1.165) is 17.1 Å². The van der Waals surface area contributed by atoms with Crippen molar-refractivity contribution in [3.05, 3.63) is 247 Å². The van der Waals surface area contributed by atoms with Crippen LogP contribution in [0.3, 0.4) is 0 Å². The van der Waals surface area contributed by atoms with E-state index < -0.39 is 5.41 Å². The third-order valence-corrected chi connectivity index (χ3v) is 13.0. The minimum absolute atomic E-state index is 0.413. The third kappa shape index (κ3) is 5.37. The van der Waals surface area contributed by atoms with E-state index in [-0.39, 0.29) is 0 Å². The number of benzene rings is 9. The molecule has 2 heteroatoms.